The van der Waals surface area contributed by atoms with Gasteiger partial charge in [0.15, 0.2) is 5.13 Å². The minimum Gasteiger partial charge on any atom is -0.348 e. The maximum atomic E-state index is 5.90. The van der Waals surface area contributed by atoms with Crippen LogP contribution in [0, 0.1) is 11.3 Å². The summed E-state index contributed by atoms with van der Waals surface area (Å²) >= 11 is 1.80. The number of thiazole rings is 1. The van der Waals surface area contributed by atoms with Gasteiger partial charge in [0, 0.05) is 24.5 Å². The SMILES string of the molecule is CCC(C)c1nc(N2CCC(C(C)(C)C)C2)sc1CN. The first-order valence-corrected chi connectivity index (χ1v) is 8.63. The molecule has 0 amide bonds. The molecule has 1 saturated heterocycles. The van der Waals surface area contributed by atoms with E-state index in [9.17, 15) is 0 Å². The molecule has 0 spiro atoms. The van der Waals surface area contributed by atoms with E-state index in [1.54, 1.807) is 11.3 Å². The van der Waals surface area contributed by atoms with E-state index in [1.165, 1.54) is 22.1 Å². The van der Waals surface area contributed by atoms with Crippen LogP contribution in [0.5, 0.6) is 0 Å². The summed E-state index contributed by atoms with van der Waals surface area (Å²) in [5, 5.41) is 1.19. The van der Waals surface area contributed by atoms with E-state index in [0.29, 0.717) is 17.9 Å². The molecular weight excluding hydrogens is 266 g/mol. The average molecular weight is 295 g/mol. The molecule has 0 aliphatic carbocycles. The summed E-state index contributed by atoms with van der Waals surface area (Å²) < 4.78 is 0. The van der Waals surface area contributed by atoms with Crippen LogP contribution in [0.3, 0.4) is 0 Å². The van der Waals surface area contributed by atoms with Crippen LogP contribution in [0.4, 0.5) is 5.13 Å². The highest BCUT2D eigenvalue weighted by molar-refractivity contribution is 7.15. The molecule has 0 bridgehead atoms. The summed E-state index contributed by atoms with van der Waals surface area (Å²) in [6.07, 6.45) is 2.40. The Balaban J connectivity index is 2.16. The Morgan fingerprint density at radius 2 is 2.15 bits per heavy atom. The Hall–Kier alpha value is -0.610. The topological polar surface area (TPSA) is 42.2 Å². The Bertz CT molecular complexity index is 447. The quantitative estimate of drug-likeness (QED) is 0.913. The summed E-state index contributed by atoms with van der Waals surface area (Å²) in [7, 11) is 0. The largest absolute Gasteiger partial charge is 0.348 e. The van der Waals surface area contributed by atoms with Gasteiger partial charge in [-0.3, -0.25) is 0 Å². The number of nitrogens with two attached hydrogens (primary N) is 1. The van der Waals surface area contributed by atoms with Crippen LogP contribution in [0.1, 0.15) is 63.9 Å². The van der Waals surface area contributed by atoms with Crippen LogP contribution < -0.4 is 10.6 Å². The lowest BCUT2D eigenvalue weighted by Gasteiger charge is -2.26. The zero-order valence-corrected chi connectivity index (χ0v) is 14.4. The monoisotopic (exact) mass is 295 g/mol. The molecule has 2 atom stereocenters. The smallest absolute Gasteiger partial charge is 0.185 e. The van der Waals surface area contributed by atoms with E-state index < -0.39 is 0 Å². The first kappa shape index (κ1) is 15.8. The molecule has 3 nitrogen and oxygen atoms in total. The Kier molecular flexibility index (Phi) is 4.75. The minimum absolute atomic E-state index is 0.391. The molecule has 2 N–H and O–H groups in total. The van der Waals surface area contributed by atoms with Crippen molar-refractivity contribution in [2.45, 2.75) is 59.9 Å². The van der Waals surface area contributed by atoms with Gasteiger partial charge in [0.2, 0.25) is 0 Å². The first-order valence-electron chi connectivity index (χ1n) is 7.81. The summed E-state index contributed by atoms with van der Waals surface area (Å²) in [6.45, 7) is 14.4. The van der Waals surface area contributed by atoms with Gasteiger partial charge in [-0.1, -0.05) is 34.6 Å². The highest BCUT2D eigenvalue weighted by atomic mass is 32.1. The molecule has 2 rings (SSSR count). The van der Waals surface area contributed by atoms with Crippen molar-refractivity contribution in [3.8, 4) is 0 Å². The third-order valence-corrected chi connectivity index (χ3v) is 5.82. The standard InChI is InChI=1S/C16H29N3S/c1-6-11(2)14-13(9-17)20-15(18-14)19-8-7-12(10-19)16(3,4)5/h11-12H,6-10,17H2,1-5H3. The third-order valence-electron chi connectivity index (χ3n) is 4.66. The van der Waals surface area contributed by atoms with Crippen molar-refractivity contribution in [1.29, 1.82) is 0 Å². The summed E-state index contributed by atoms with van der Waals surface area (Å²) in [4.78, 5) is 8.65. The van der Waals surface area contributed by atoms with E-state index >= 15 is 0 Å². The van der Waals surface area contributed by atoms with Crippen molar-refractivity contribution in [3.05, 3.63) is 10.6 Å². The van der Waals surface area contributed by atoms with Gasteiger partial charge in [-0.05, 0) is 30.1 Å². The molecule has 2 heterocycles. The Labute approximate surface area is 127 Å². The molecule has 0 radical (unpaired) electrons. The lowest BCUT2D eigenvalue weighted by molar-refractivity contribution is 0.263. The number of hydrogen-bond acceptors (Lipinski definition) is 4. The second-order valence-corrected chi connectivity index (χ2v) is 8.18. The number of nitrogens with zero attached hydrogens (tertiary/aromatic N) is 2. The van der Waals surface area contributed by atoms with Crippen molar-refractivity contribution in [1.82, 2.24) is 4.98 Å². The number of aromatic nitrogens is 1. The predicted octanol–water partition coefficient (Wildman–Crippen LogP) is 3.99. The molecular formula is C16H29N3S. The summed E-state index contributed by atoms with van der Waals surface area (Å²) in [5.41, 5.74) is 7.53. The van der Waals surface area contributed by atoms with Crippen LogP contribution in [0.15, 0.2) is 0 Å². The van der Waals surface area contributed by atoms with Gasteiger partial charge in [-0.2, -0.15) is 0 Å². The lowest BCUT2D eigenvalue weighted by Crippen LogP contribution is -2.25. The maximum Gasteiger partial charge on any atom is 0.185 e. The van der Waals surface area contributed by atoms with Gasteiger partial charge < -0.3 is 10.6 Å². The van der Waals surface area contributed by atoms with Crippen molar-refractivity contribution in [2.75, 3.05) is 18.0 Å². The van der Waals surface area contributed by atoms with Crippen molar-refractivity contribution >= 4 is 16.5 Å². The van der Waals surface area contributed by atoms with Crippen LogP contribution in [-0.4, -0.2) is 18.1 Å². The second kappa shape index (κ2) is 6.02. The van der Waals surface area contributed by atoms with Gasteiger partial charge >= 0.3 is 0 Å². The summed E-state index contributed by atoms with van der Waals surface area (Å²) in [6, 6.07) is 0. The zero-order valence-electron chi connectivity index (χ0n) is 13.6. The van der Waals surface area contributed by atoms with Gasteiger partial charge in [0.25, 0.3) is 0 Å². The molecule has 0 aromatic carbocycles. The highest BCUT2D eigenvalue weighted by Crippen LogP contribution is 2.38. The predicted molar refractivity (Wildman–Crippen MR) is 88.5 cm³/mol. The van der Waals surface area contributed by atoms with E-state index in [2.05, 4.69) is 39.5 Å². The lowest BCUT2D eigenvalue weighted by atomic mass is 9.80. The van der Waals surface area contributed by atoms with Crippen molar-refractivity contribution in [3.63, 3.8) is 0 Å². The molecule has 1 fully saturated rings. The second-order valence-electron chi connectivity index (χ2n) is 7.12. The zero-order chi connectivity index (χ0) is 14.9. The van der Waals surface area contributed by atoms with Gasteiger partial charge in [-0.25, -0.2) is 4.98 Å². The fourth-order valence-corrected chi connectivity index (χ4v) is 3.95. The molecule has 2 unspecified atom stereocenters. The van der Waals surface area contributed by atoms with Crippen LogP contribution in [0.25, 0.3) is 0 Å². The third kappa shape index (κ3) is 3.17. The van der Waals surface area contributed by atoms with Crippen molar-refractivity contribution in [2.24, 2.45) is 17.1 Å². The van der Waals surface area contributed by atoms with Crippen molar-refractivity contribution < 1.29 is 0 Å². The molecule has 114 valence electrons. The molecule has 20 heavy (non-hydrogen) atoms. The molecule has 4 heteroatoms. The summed E-state index contributed by atoms with van der Waals surface area (Å²) in [5.74, 6) is 1.28. The average Bonchev–Trinajstić information content (AvgIpc) is 3.02. The van der Waals surface area contributed by atoms with Crippen LogP contribution in [0.2, 0.25) is 0 Å². The maximum absolute atomic E-state index is 5.90. The minimum atomic E-state index is 0.391. The number of anilines is 1. The number of hydrogen-bond donors (Lipinski definition) is 1. The first-order chi connectivity index (χ1) is 9.36. The van der Waals surface area contributed by atoms with Gasteiger partial charge in [0.1, 0.15) is 0 Å². The van der Waals surface area contributed by atoms with Crippen LogP contribution >= 0.6 is 11.3 Å². The van der Waals surface area contributed by atoms with Gasteiger partial charge in [0.05, 0.1) is 5.69 Å². The van der Waals surface area contributed by atoms with E-state index in [4.69, 9.17) is 10.7 Å². The molecule has 1 aliphatic rings. The van der Waals surface area contributed by atoms with E-state index in [-0.39, 0.29) is 0 Å². The van der Waals surface area contributed by atoms with Gasteiger partial charge in [-0.15, -0.1) is 11.3 Å². The fourth-order valence-electron chi connectivity index (χ4n) is 2.85. The molecule has 1 aliphatic heterocycles. The Morgan fingerprint density at radius 3 is 2.65 bits per heavy atom. The Morgan fingerprint density at radius 1 is 1.45 bits per heavy atom. The molecule has 1 aromatic heterocycles. The highest BCUT2D eigenvalue weighted by Gasteiger charge is 2.33. The fraction of sp³-hybridized carbons (Fsp3) is 0.812. The molecule has 1 aromatic rings. The molecule has 0 saturated carbocycles. The van der Waals surface area contributed by atoms with E-state index in [1.807, 2.05) is 0 Å². The number of rotatable bonds is 4. The normalized spacial score (nSPS) is 21.5. The van der Waals surface area contributed by atoms with Crippen LogP contribution in [-0.2, 0) is 6.54 Å². The van der Waals surface area contributed by atoms with E-state index in [0.717, 1.165) is 25.4 Å².